The molecule has 3 aromatic rings. The molecule has 0 aromatic heterocycles. The average molecular weight is 443 g/mol. The maximum Gasteiger partial charge on any atom is 0.265 e. The monoisotopic (exact) mass is 442 g/mol. The number of carbonyl (C=O) groups excluding carboxylic acids is 1. The van der Waals surface area contributed by atoms with E-state index in [1.54, 1.807) is 6.92 Å². The molecule has 0 radical (unpaired) electrons. The van der Waals surface area contributed by atoms with Crippen LogP contribution in [-0.2, 0) is 21.2 Å². The van der Waals surface area contributed by atoms with Gasteiger partial charge in [-0.25, -0.2) is 12.8 Å². The van der Waals surface area contributed by atoms with Gasteiger partial charge in [0.1, 0.15) is 11.6 Å². The van der Waals surface area contributed by atoms with E-state index >= 15 is 0 Å². The lowest BCUT2D eigenvalue weighted by Crippen LogP contribution is -2.30. The van der Waals surface area contributed by atoms with E-state index in [0.717, 1.165) is 12.0 Å². The van der Waals surface area contributed by atoms with Crippen LogP contribution in [0, 0.1) is 5.82 Å². The molecule has 8 heteroatoms. The van der Waals surface area contributed by atoms with Crippen LogP contribution >= 0.6 is 0 Å². The lowest BCUT2D eigenvalue weighted by Gasteiger charge is -2.17. The van der Waals surface area contributed by atoms with Crippen molar-refractivity contribution in [2.24, 2.45) is 0 Å². The van der Waals surface area contributed by atoms with E-state index in [2.05, 4.69) is 10.0 Å². The largest absolute Gasteiger partial charge is 0.481 e. The Morgan fingerprint density at radius 3 is 2.32 bits per heavy atom. The first-order chi connectivity index (χ1) is 14.8. The summed E-state index contributed by atoms with van der Waals surface area (Å²) in [5.74, 6) is -0.395. The predicted molar refractivity (Wildman–Crippen MR) is 118 cm³/mol. The van der Waals surface area contributed by atoms with Gasteiger partial charge in [-0.1, -0.05) is 37.3 Å². The third-order valence-electron chi connectivity index (χ3n) is 4.58. The quantitative estimate of drug-likeness (QED) is 0.534. The second-order valence-corrected chi connectivity index (χ2v) is 8.50. The van der Waals surface area contributed by atoms with Gasteiger partial charge in [0.15, 0.2) is 6.10 Å². The third-order valence-corrected chi connectivity index (χ3v) is 5.96. The minimum absolute atomic E-state index is 0.0603. The van der Waals surface area contributed by atoms with Crippen molar-refractivity contribution in [3.8, 4) is 5.75 Å². The molecular weight excluding hydrogens is 419 g/mol. The summed E-state index contributed by atoms with van der Waals surface area (Å²) in [6.07, 6.45) is 0.0281. The van der Waals surface area contributed by atoms with Gasteiger partial charge in [0.05, 0.1) is 10.6 Å². The van der Waals surface area contributed by atoms with E-state index in [4.69, 9.17) is 4.74 Å². The zero-order valence-electron chi connectivity index (χ0n) is 17.1. The molecule has 0 unspecified atom stereocenters. The van der Waals surface area contributed by atoms with Crippen molar-refractivity contribution in [3.05, 3.63) is 84.2 Å². The molecule has 3 aromatic carbocycles. The maximum atomic E-state index is 13.7. The summed E-state index contributed by atoms with van der Waals surface area (Å²) in [5, 5.41) is 2.70. The van der Waals surface area contributed by atoms with E-state index in [0.29, 0.717) is 11.4 Å². The number of rotatable bonds is 8. The number of hydrogen-bond acceptors (Lipinski definition) is 4. The Morgan fingerprint density at radius 1 is 1.00 bits per heavy atom. The number of amides is 1. The number of nitrogens with one attached hydrogen (secondary N) is 2. The van der Waals surface area contributed by atoms with E-state index in [9.17, 15) is 17.6 Å². The maximum absolute atomic E-state index is 13.7. The summed E-state index contributed by atoms with van der Waals surface area (Å²) in [4.78, 5) is 12.4. The van der Waals surface area contributed by atoms with Gasteiger partial charge in [-0.3, -0.25) is 9.52 Å². The Hall–Kier alpha value is -3.39. The molecule has 2 N–H and O–H groups in total. The van der Waals surface area contributed by atoms with Gasteiger partial charge in [0.2, 0.25) is 0 Å². The Kier molecular flexibility index (Phi) is 6.91. The van der Waals surface area contributed by atoms with Gasteiger partial charge in [0, 0.05) is 5.69 Å². The average Bonchev–Trinajstić information content (AvgIpc) is 2.76. The van der Waals surface area contributed by atoms with Gasteiger partial charge >= 0.3 is 0 Å². The standard InChI is InChI=1S/C23H23FN2O4S/c1-3-17-8-4-7-11-22(17)30-16(2)23(27)25-18-12-14-19(15-13-18)31(28,29)26-21-10-6-5-9-20(21)24/h4-16,26H,3H2,1-2H3,(H,25,27)/t16-/m1/s1. The van der Waals surface area contributed by atoms with E-state index < -0.39 is 21.9 Å². The molecule has 3 rings (SSSR count). The van der Waals surface area contributed by atoms with Crippen molar-refractivity contribution in [1.82, 2.24) is 0 Å². The van der Waals surface area contributed by atoms with Crippen molar-refractivity contribution >= 4 is 27.3 Å². The molecular formula is C23H23FN2O4S. The highest BCUT2D eigenvalue weighted by Crippen LogP contribution is 2.22. The molecule has 0 aliphatic rings. The molecule has 1 amide bonds. The molecule has 0 saturated heterocycles. The first-order valence-electron chi connectivity index (χ1n) is 9.73. The molecule has 1 atom stereocenters. The number of aryl methyl sites for hydroxylation is 1. The Morgan fingerprint density at radius 2 is 1.65 bits per heavy atom. The van der Waals surface area contributed by atoms with Crippen LogP contribution in [0.5, 0.6) is 5.75 Å². The van der Waals surface area contributed by atoms with Crippen LogP contribution in [0.4, 0.5) is 15.8 Å². The second kappa shape index (κ2) is 9.61. The fraction of sp³-hybridized carbons (Fsp3) is 0.174. The molecule has 0 fully saturated rings. The summed E-state index contributed by atoms with van der Waals surface area (Å²) in [6, 6.07) is 18.6. The van der Waals surface area contributed by atoms with Crippen LogP contribution in [-0.4, -0.2) is 20.4 Å². The van der Waals surface area contributed by atoms with Crippen molar-refractivity contribution in [3.63, 3.8) is 0 Å². The minimum Gasteiger partial charge on any atom is -0.481 e. The van der Waals surface area contributed by atoms with Crippen molar-refractivity contribution < 1.29 is 22.3 Å². The molecule has 0 spiro atoms. The Balaban J connectivity index is 1.65. The lowest BCUT2D eigenvalue weighted by atomic mass is 10.1. The van der Waals surface area contributed by atoms with Gasteiger partial charge in [-0.15, -0.1) is 0 Å². The summed E-state index contributed by atoms with van der Waals surface area (Å²) in [5.41, 5.74) is 1.27. The summed E-state index contributed by atoms with van der Waals surface area (Å²) in [7, 11) is -3.97. The van der Waals surface area contributed by atoms with Crippen LogP contribution in [0.15, 0.2) is 77.7 Å². The zero-order chi connectivity index (χ0) is 22.4. The molecule has 31 heavy (non-hydrogen) atoms. The van der Waals surface area contributed by atoms with Crippen molar-refractivity contribution in [2.75, 3.05) is 10.0 Å². The number of carbonyl (C=O) groups is 1. The first-order valence-corrected chi connectivity index (χ1v) is 11.2. The fourth-order valence-corrected chi connectivity index (χ4v) is 3.93. The Bertz CT molecular complexity index is 1160. The SMILES string of the molecule is CCc1ccccc1O[C@H](C)C(=O)Nc1ccc(S(=O)(=O)Nc2ccccc2F)cc1. The lowest BCUT2D eigenvalue weighted by molar-refractivity contribution is -0.122. The molecule has 0 aliphatic heterocycles. The normalized spacial score (nSPS) is 12.1. The number of hydrogen-bond donors (Lipinski definition) is 2. The number of sulfonamides is 1. The number of para-hydroxylation sites is 2. The predicted octanol–water partition coefficient (Wildman–Crippen LogP) is 4.59. The van der Waals surface area contributed by atoms with Gasteiger partial charge in [-0.05, 0) is 61.4 Å². The minimum atomic E-state index is -3.97. The van der Waals surface area contributed by atoms with E-state index in [1.165, 1.54) is 48.5 Å². The highest BCUT2D eigenvalue weighted by molar-refractivity contribution is 7.92. The smallest absolute Gasteiger partial charge is 0.265 e. The van der Waals surface area contributed by atoms with Crippen LogP contribution < -0.4 is 14.8 Å². The van der Waals surface area contributed by atoms with Gasteiger partial charge < -0.3 is 10.1 Å². The summed E-state index contributed by atoms with van der Waals surface area (Å²) >= 11 is 0. The molecule has 0 heterocycles. The second-order valence-electron chi connectivity index (χ2n) is 6.82. The van der Waals surface area contributed by atoms with Crippen LogP contribution in [0.2, 0.25) is 0 Å². The highest BCUT2D eigenvalue weighted by Gasteiger charge is 2.18. The third kappa shape index (κ3) is 5.61. The molecule has 162 valence electrons. The number of ether oxygens (including phenoxy) is 1. The van der Waals surface area contributed by atoms with Crippen molar-refractivity contribution in [1.29, 1.82) is 0 Å². The molecule has 6 nitrogen and oxygen atoms in total. The van der Waals surface area contributed by atoms with Crippen molar-refractivity contribution in [2.45, 2.75) is 31.3 Å². The molecule has 0 bridgehead atoms. The number of halogens is 1. The first kappa shape index (κ1) is 22.3. The van der Waals surface area contributed by atoms with Gasteiger partial charge in [-0.2, -0.15) is 0 Å². The Labute approximate surface area is 181 Å². The number of benzene rings is 3. The van der Waals surface area contributed by atoms with Crippen LogP contribution in [0.25, 0.3) is 0 Å². The van der Waals surface area contributed by atoms with Crippen LogP contribution in [0.1, 0.15) is 19.4 Å². The molecule has 0 saturated carbocycles. The van der Waals surface area contributed by atoms with E-state index in [1.807, 2.05) is 31.2 Å². The zero-order valence-corrected chi connectivity index (χ0v) is 17.9. The fourth-order valence-electron chi connectivity index (χ4n) is 2.86. The van der Waals surface area contributed by atoms with Gasteiger partial charge in [0.25, 0.3) is 15.9 Å². The molecule has 0 aliphatic carbocycles. The summed E-state index contributed by atoms with van der Waals surface area (Å²) < 4.78 is 46.7. The van der Waals surface area contributed by atoms with E-state index in [-0.39, 0.29) is 16.5 Å². The number of anilines is 2. The topological polar surface area (TPSA) is 84.5 Å². The summed E-state index contributed by atoms with van der Waals surface area (Å²) in [6.45, 7) is 3.64. The highest BCUT2D eigenvalue weighted by atomic mass is 32.2. The van der Waals surface area contributed by atoms with Crippen LogP contribution in [0.3, 0.4) is 0 Å².